The summed E-state index contributed by atoms with van der Waals surface area (Å²) in [6.07, 6.45) is 1.65. The molecule has 1 aromatic rings. The lowest BCUT2D eigenvalue weighted by Gasteiger charge is -2.26. The van der Waals surface area contributed by atoms with E-state index in [1.54, 1.807) is 19.0 Å². The van der Waals surface area contributed by atoms with Crippen LogP contribution in [0.2, 0.25) is 0 Å². The number of amides is 2. The molecule has 1 aromatic carbocycles. The van der Waals surface area contributed by atoms with Crippen LogP contribution < -0.4 is 0 Å². The lowest BCUT2D eigenvalue weighted by molar-refractivity contribution is 0.0872. The second-order valence-corrected chi connectivity index (χ2v) is 5.26. The molecule has 0 bridgehead atoms. The van der Waals surface area contributed by atoms with Crippen molar-refractivity contribution in [2.24, 2.45) is 0 Å². The zero-order chi connectivity index (χ0) is 14.0. The molecule has 1 heterocycles. The van der Waals surface area contributed by atoms with Crippen LogP contribution in [0.15, 0.2) is 24.3 Å². The molecule has 1 aliphatic rings. The van der Waals surface area contributed by atoms with Gasteiger partial charge in [-0.3, -0.25) is 4.79 Å². The highest BCUT2D eigenvalue weighted by Gasteiger charge is 2.35. The number of nitrogens with zero attached hydrogens (tertiary/aromatic N) is 2. The average molecular weight is 260 g/mol. The number of rotatable bonds is 2. The SMILES string of the molecule is Cc1ccc(C(=O)C2CCCN2C(=O)N(C)C)cc1. The minimum atomic E-state index is -0.308. The largest absolute Gasteiger partial charge is 0.331 e. The predicted molar refractivity (Wildman–Crippen MR) is 74.3 cm³/mol. The fourth-order valence-corrected chi connectivity index (χ4v) is 2.44. The topological polar surface area (TPSA) is 40.6 Å². The summed E-state index contributed by atoms with van der Waals surface area (Å²) in [6.45, 7) is 2.66. The summed E-state index contributed by atoms with van der Waals surface area (Å²) in [4.78, 5) is 27.7. The molecule has 0 spiro atoms. The number of Topliss-reactive ketones (excluding diaryl/α,β-unsaturated/α-hetero) is 1. The van der Waals surface area contributed by atoms with Crippen molar-refractivity contribution in [3.05, 3.63) is 35.4 Å². The Bertz CT molecular complexity index is 479. The first-order valence-corrected chi connectivity index (χ1v) is 6.59. The highest BCUT2D eigenvalue weighted by atomic mass is 16.2. The maximum absolute atomic E-state index is 12.5. The average Bonchev–Trinajstić information content (AvgIpc) is 2.86. The summed E-state index contributed by atoms with van der Waals surface area (Å²) in [5.41, 5.74) is 1.82. The molecule has 0 aliphatic carbocycles. The quantitative estimate of drug-likeness (QED) is 0.766. The maximum Gasteiger partial charge on any atom is 0.320 e. The molecule has 2 rings (SSSR count). The Balaban J connectivity index is 2.18. The number of carbonyl (C=O) groups excluding carboxylic acids is 2. The molecular weight excluding hydrogens is 240 g/mol. The van der Waals surface area contributed by atoms with Crippen LogP contribution in [0.5, 0.6) is 0 Å². The third-order valence-corrected chi connectivity index (χ3v) is 3.52. The number of carbonyl (C=O) groups is 2. The zero-order valence-corrected chi connectivity index (χ0v) is 11.7. The highest BCUT2D eigenvalue weighted by molar-refractivity contribution is 6.02. The Morgan fingerprint density at radius 2 is 1.84 bits per heavy atom. The standard InChI is InChI=1S/C15H20N2O2/c1-11-6-8-12(9-7-11)14(18)13-5-4-10-17(13)15(19)16(2)3/h6-9,13H,4-5,10H2,1-3H3. The van der Waals surface area contributed by atoms with Crippen LogP contribution in [0.1, 0.15) is 28.8 Å². The number of hydrogen-bond donors (Lipinski definition) is 0. The van der Waals surface area contributed by atoms with Crippen molar-refractivity contribution in [2.45, 2.75) is 25.8 Å². The van der Waals surface area contributed by atoms with Crippen LogP contribution >= 0.6 is 0 Å². The molecule has 0 radical (unpaired) electrons. The van der Waals surface area contributed by atoms with E-state index >= 15 is 0 Å². The summed E-state index contributed by atoms with van der Waals surface area (Å²) in [6, 6.07) is 7.16. The smallest absolute Gasteiger partial charge is 0.320 e. The molecule has 0 saturated carbocycles. The Labute approximate surface area is 114 Å². The van der Waals surface area contributed by atoms with Crippen molar-refractivity contribution < 1.29 is 9.59 Å². The van der Waals surface area contributed by atoms with E-state index in [1.165, 1.54) is 4.90 Å². The molecule has 102 valence electrons. The van der Waals surface area contributed by atoms with E-state index in [0.717, 1.165) is 18.4 Å². The van der Waals surface area contributed by atoms with Gasteiger partial charge in [0.15, 0.2) is 5.78 Å². The molecule has 0 aromatic heterocycles. The third kappa shape index (κ3) is 2.78. The van der Waals surface area contributed by atoms with Gasteiger partial charge in [0.25, 0.3) is 0 Å². The zero-order valence-electron chi connectivity index (χ0n) is 11.7. The Morgan fingerprint density at radius 3 is 2.42 bits per heavy atom. The van der Waals surface area contributed by atoms with Crippen LogP contribution in [0, 0.1) is 6.92 Å². The summed E-state index contributed by atoms with van der Waals surface area (Å²) < 4.78 is 0. The molecule has 1 fully saturated rings. The highest BCUT2D eigenvalue weighted by Crippen LogP contribution is 2.22. The first kappa shape index (κ1) is 13.6. The molecule has 4 heteroatoms. The van der Waals surface area contributed by atoms with Crippen LogP contribution in [0.3, 0.4) is 0 Å². The van der Waals surface area contributed by atoms with Crippen LogP contribution in [0.4, 0.5) is 4.79 Å². The van der Waals surface area contributed by atoms with Crippen molar-refractivity contribution in [1.29, 1.82) is 0 Å². The monoisotopic (exact) mass is 260 g/mol. The molecule has 0 N–H and O–H groups in total. The van der Waals surface area contributed by atoms with Crippen molar-refractivity contribution >= 4 is 11.8 Å². The molecule has 1 aliphatic heterocycles. The second kappa shape index (κ2) is 5.43. The van der Waals surface area contributed by atoms with Gasteiger partial charge in [0.05, 0.1) is 6.04 Å². The van der Waals surface area contributed by atoms with Gasteiger partial charge in [0, 0.05) is 26.2 Å². The molecule has 1 unspecified atom stereocenters. The molecule has 1 saturated heterocycles. The minimum Gasteiger partial charge on any atom is -0.331 e. The van der Waals surface area contributed by atoms with Crippen LogP contribution in [0.25, 0.3) is 0 Å². The Morgan fingerprint density at radius 1 is 1.21 bits per heavy atom. The Hall–Kier alpha value is -1.84. The van der Waals surface area contributed by atoms with E-state index < -0.39 is 0 Å². The van der Waals surface area contributed by atoms with Crippen LogP contribution in [-0.2, 0) is 0 Å². The second-order valence-electron chi connectivity index (χ2n) is 5.26. The van der Waals surface area contributed by atoms with Crippen molar-refractivity contribution in [3.63, 3.8) is 0 Å². The maximum atomic E-state index is 12.5. The number of hydrogen-bond acceptors (Lipinski definition) is 2. The van der Waals surface area contributed by atoms with E-state index in [2.05, 4.69) is 0 Å². The summed E-state index contributed by atoms with van der Waals surface area (Å²) in [5.74, 6) is 0.0488. The summed E-state index contributed by atoms with van der Waals surface area (Å²) in [7, 11) is 3.43. The van der Waals surface area contributed by atoms with Gasteiger partial charge >= 0.3 is 6.03 Å². The fraction of sp³-hybridized carbons (Fsp3) is 0.467. The van der Waals surface area contributed by atoms with Crippen molar-refractivity contribution in [1.82, 2.24) is 9.80 Å². The fourth-order valence-electron chi connectivity index (χ4n) is 2.44. The molecule has 19 heavy (non-hydrogen) atoms. The van der Waals surface area contributed by atoms with E-state index in [4.69, 9.17) is 0 Å². The predicted octanol–water partition coefficient (Wildman–Crippen LogP) is 2.32. The van der Waals surface area contributed by atoms with Gasteiger partial charge in [-0.25, -0.2) is 4.79 Å². The number of benzene rings is 1. The number of likely N-dealkylation sites (tertiary alicyclic amines) is 1. The van der Waals surface area contributed by atoms with Gasteiger partial charge in [0.1, 0.15) is 0 Å². The van der Waals surface area contributed by atoms with E-state index in [9.17, 15) is 9.59 Å². The number of aryl methyl sites for hydroxylation is 1. The minimum absolute atomic E-state index is 0.0488. The van der Waals surface area contributed by atoms with E-state index in [1.807, 2.05) is 31.2 Å². The van der Waals surface area contributed by atoms with Crippen LogP contribution in [-0.4, -0.2) is 48.3 Å². The molecular formula is C15H20N2O2. The van der Waals surface area contributed by atoms with Gasteiger partial charge < -0.3 is 9.80 Å². The van der Waals surface area contributed by atoms with Gasteiger partial charge in [-0.05, 0) is 19.8 Å². The van der Waals surface area contributed by atoms with Crippen molar-refractivity contribution in [3.8, 4) is 0 Å². The summed E-state index contributed by atoms with van der Waals surface area (Å²) in [5, 5.41) is 0. The van der Waals surface area contributed by atoms with Gasteiger partial charge in [0.2, 0.25) is 0 Å². The number of urea groups is 1. The Kier molecular flexibility index (Phi) is 3.88. The lowest BCUT2D eigenvalue weighted by Crippen LogP contribution is -2.45. The molecule has 4 nitrogen and oxygen atoms in total. The first-order valence-electron chi connectivity index (χ1n) is 6.59. The molecule has 2 amide bonds. The van der Waals surface area contributed by atoms with E-state index in [-0.39, 0.29) is 17.9 Å². The normalized spacial score (nSPS) is 18.5. The van der Waals surface area contributed by atoms with E-state index in [0.29, 0.717) is 12.1 Å². The van der Waals surface area contributed by atoms with Gasteiger partial charge in [-0.15, -0.1) is 0 Å². The number of ketones is 1. The summed E-state index contributed by atoms with van der Waals surface area (Å²) >= 11 is 0. The first-order chi connectivity index (χ1) is 9.00. The van der Waals surface area contributed by atoms with Crippen molar-refractivity contribution in [2.75, 3.05) is 20.6 Å². The lowest BCUT2D eigenvalue weighted by atomic mass is 10.0. The van der Waals surface area contributed by atoms with Gasteiger partial charge in [-0.1, -0.05) is 29.8 Å². The molecule has 1 atom stereocenters. The van der Waals surface area contributed by atoms with Gasteiger partial charge in [-0.2, -0.15) is 0 Å². The third-order valence-electron chi connectivity index (χ3n) is 3.52.